The zero-order chi connectivity index (χ0) is 49.1. The summed E-state index contributed by atoms with van der Waals surface area (Å²) in [5.74, 6) is -0.567. The molecule has 2 aliphatic rings. The SMILES string of the molecule is C=C[C@H](C)[C@@H](O)[C@H](C)[C@@H](O[C@@H]1O[C@H](C)C[C@@H](N(C)C)[C@H]1OC)[C@@](C)(C[C@@H](C)[C@@H]1O[C@@H](c2c(C)cc(C)cc2C)O[C@@H]([C@@H](C)[C@@H](CC)OCOCc2ccccc2)[C@H]1C)O[Si](CC)(CC)CC. The summed E-state index contributed by atoms with van der Waals surface area (Å²) in [6.45, 7) is 35.5. The Morgan fingerprint density at radius 3 is 2.08 bits per heavy atom. The molecule has 10 nitrogen and oxygen atoms in total. The average Bonchev–Trinajstić information content (AvgIpc) is 3.29. The monoisotopic (exact) mass is 940 g/mol. The predicted molar refractivity (Wildman–Crippen MR) is 270 cm³/mol. The Bertz CT molecular complexity index is 1710. The lowest BCUT2D eigenvalue weighted by Crippen LogP contribution is -2.62. The molecule has 2 heterocycles. The van der Waals surface area contributed by atoms with E-state index >= 15 is 0 Å². The second kappa shape index (κ2) is 25.7. The summed E-state index contributed by atoms with van der Waals surface area (Å²) in [5, 5.41) is 12.2. The topological polar surface area (TPSA) is 97.3 Å². The van der Waals surface area contributed by atoms with Crippen LogP contribution in [0.4, 0.5) is 0 Å². The molecule has 0 amide bonds. The van der Waals surface area contributed by atoms with Gasteiger partial charge in [0.25, 0.3) is 0 Å². The smallest absolute Gasteiger partial charge is 0.192 e. The summed E-state index contributed by atoms with van der Waals surface area (Å²) in [5.41, 5.74) is 4.84. The number of likely N-dealkylation sites (N-methyl/N-ethyl adjacent to an activating group) is 1. The normalized spacial score (nSPS) is 28.2. The minimum atomic E-state index is -2.33. The lowest BCUT2D eigenvalue weighted by atomic mass is 9.74. The number of hydrogen-bond donors (Lipinski definition) is 1. The number of nitrogens with zero attached hydrogens (tertiary/aromatic N) is 1. The van der Waals surface area contributed by atoms with Gasteiger partial charge in [-0.1, -0.05) is 116 Å². The number of benzene rings is 2. The van der Waals surface area contributed by atoms with Crippen LogP contribution in [0.1, 0.15) is 130 Å². The summed E-state index contributed by atoms with van der Waals surface area (Å²) in [6.07, 6.45) is 0.522. The molecule has 376 valence electrons. The summed E-state index contributed by atoms with van der Waals surface area (Å²) in [4.78, 5) is 2.21. The molecule has 2 aromatic carbocycles. The number of rotatable bonds is 26. The number of methoxy groups -OCH3 is 1. The Hall–Kier alpha value is -2.00. The number of hydrogen-bond acceptors (Lipinski definition) is 10. The van der Waals surface area contributed by atoms with Crippen LogP contribution in [0.15, 0.2) is 55.1 Å². The van der Waals surface area contributed by atoms with Crippen molar-refractivity contribution in [1.82, 2.24) is 4.90 Å². The van der Waals surface area contributed by atoms with Gasteiger partial charge in [0.05, 0.1) is 48.8 Å². The van der Waals surface area contributed by atoms with Crippen molar-refractivity contribution < 1.29 is 42.7 Å². The van der Waals surface area contributed by atoms with Crippen LogP contribution in [0.5, 0.6) is 0 Å². The van der Waals surface area contributed by atoms with Crippen molar-refractivity contribution in [3.63, 3.8) is 0 Å². The molecule has 0 unspecified atom stereocenters. The van der Waals surface area contributed by atoms with Gasteiger partial charge in [-0.3, -0.25) is 0 Å². The van der Waals surface area contributed by atoms with Crippen molar-refractivity contribution in [1.29, 1.82) is 0 Å². The van der Waals surface area contributed by atoms with E-state index in [9.17, 15) is 5.11 Å². The summed E-state index contributed by atoms with van der Waals surface area (Å²) >= 11 is 0. The first-order valence-electron chi connectivity index (χ1n) is 25.4. The van der Waals surface area contributed by atoms with Crippen LogP contribution >= 0.6 is 0 Å². The quantitative estimate of drug-likeness (QED) is 0.0425. The molecule has 2 aromatic rings. The van der Waals surface area contributed by atoms with Crippen LogP contribution in [0.3, 0.4) is 0 Å². The number of aliphatic hydroxyl groups is 1. The van der Waals surface area contributed by atoms with Gasteiger partial charge in [-0.25, -0.2) is 0 Å². The molecule has 0 radical (unpaired) electrons. The molecule has 11 heteroatoms. The Balaban J connectivity index is 1.81. The molecule has 2 fully saturated rings. The van der Waals surface area contributed by atoms with Crippen molar-refractivity contribution in [2.75, 3.05) is 28.0 Å². The van der Waals surface area contributed by atoms with Crippen molar-refractivity contribution in [2.45, 2.75) is 208 Å². The first-order valence-corrected chi connectivity index (χ1v) is 27.9. The number of ether oxygens (including phenoxy) is 7. The highest BCUT2D eigenvalue weighted by atomic mass is 28.4. The van der Waals surface area contributed by atoms with Crippen LogP contribution in [-0.4, -0.2) is 107 Å². The molecule has 2 saturated heterocycles. The van der Waals surface area contributed by atoms with Gasteiger partial charge in [0, 0.05) is 42.4 Å². The Kier molecular flexibility index (Phi) is 22.1. The fourth-order valence-corrected chi connectivity index (χ4v) is 14.6. The highest BCUT2D eigenvalue weighted by Gasteiger charge is 2.53. The maximum atomic E-state index is 12.2. The van der Waals surface area contributed by atoms with Crippen molar-refractivity contribution >= 4 is 8.32 Å². The van der Waals surface area contributed by atoms with E-state index in [2.05, 4.69) is 140 Å². The van der Waals surface area contributed by atoms with Gasteiger partial charge in [-0.05, 0) is 109 Å². The Labute approximate surface area is 402 Å². The zero-order valence-corrected chi connectivity index (χ0v) is 45.3. The highest BCUT2D eigenvalue weighted by Crippen LogP contribution is 2.47. The summed E-state index contributed by atoms with van der Waals surface area (Å²) in [7, 11) is 3.59. The van der Waals surface area contributed by atoms with E-state index in [1.165, 1.54) is 5.56 Å². The summed E-state index contributed by atoms with van der Waals surface area (Å²) < 4.78 is 55.4. The standard InChI is InChI=1S/C55H93NO9Si/c1-19-36(7)48(57)42(13)52(64-54-51(58-18)45(56(16)17)31-40(11)61-54)55(15,65-66(21-3,22-4)23-5)32-39(10)49-43(14)50(63-53(62-49)47-37(8)29-35(6)30-38(47)9)41(12)46(20-2)60-34-59-33-44-27-25-24-26-28-44/h19,24-30,36,39-43,45-46,48-54,57H,1,20-23,31-34H2,2-18H3/t36-,39+,40+,41-,42-,43-,45+,46+,48+,49-,50-,51+,52+,53+,54-,55+/m0/s1. The zero-order valence-electron chi connectivity index (χ0n) is 44.3. The third-order valence-electron chi connectivity index (χ3n) is 15.6. The fraction of sp³-hybridized carbons (Fsp3) is 0.745. The van der Waals surface area contributed by atoms with Gasteiger partial charge in [-0.2, -0.15) is 0 Å². The maximum absolute atomic E-state index is 12.2. The molecule has 4 rings (SSSR count). The van der Waals surface area contributed by atoms with Crippen molar-refractivity contribution in [2.24, 2.45) is 29.6 Å². The van der Waals surface area contributed by atoms with Gasteiger partial charge < -0.3 is 47.6 Å². The van der Waals surface area contributed by atoms with E-state index in [1.54, 1.807) is 7.11 Å². The van der Waals surface area contributed by atoms with Crippen molar-refractivity contribution in [3.05, 3.63) is 82.9 Å². The van der Waals surface area contributed by atoms with Crippen LogP contribution in [0, 0.1) is 50.4 Å². The van der Waals surface area contributed by atoms with Gasteiger partial charge in [-0.15, -0.1) is 6.58 Å². The first-order chi connectivity index (χ1) is 31.2. The average molecular weight is 940 g/mol. The van der Waals surface area contributed by atoms with E-state index in [0.717, 1.165) is 53.2 Å². The van der Waals surface area contributed by atoms with Gasteiger partial charge in [0.2, 0.25) is 0 Å². The van der Waals surface area contributed by atoms with Crippen LogP contribution in [0.2, 0.25) is 18.1 Å². The van der Waals surface area contributed by atoms with E-state index in [-0.39, 0.29) is 72.9 Å². The first kappa shape index (κ1) is 56.6. The molecule has 0 saturated carbocycles. The van der Waals surface area contributed by atoms with E-state index < -0.39 is 38.7 Å². The molecule has 0 aromatic heterocycles. The van der Waals surface area contributed by atoms with E-state index in [0.29, 0.717) is 13.0 Å². The largest absolute Gasteiger partial charge is 0.409 e. The van der Waals surface area contributed by atoms with Gasteiger partial charge in [0.1, 0.15) is 12.9 Å². The molecular formula is C55H93NO9Si. The third-order valence-corrected chi connectivity index (χ3v) is 20.3. The molecular weight excluding hydrogens is 847 g/mol. The van der Waals surface area contributed by atoms with Gasteiger partial charge in [0.15, 0.2) is 20.9 Å². The molecule has 0 aliphatic carbocycles. The summed E-state index contributed by atoms with van der Waals surface area (Å²) in [6, 6.07) is 17.6. The van der Waals surface area contributed by atoms with E-state index in [4.69, 9.17) is 37.6 Å². The second-order valence-electron chi connectivity index (χ2n) is 20.8. The molecule has 2 aliphatic heterocycles. The maximum Gasteiger partial charge on any atom is 0.192 e. The molecule has 1 N–H and O–H groups in total. The van der Waals surface area contributed by atoms with Crippen LogP contribution < -0.4 is 0 Å². The molecule has 66 heavy (non-hydrogen) atoms. The molecule has 0 spiro atoms. The Morgan fingerprint density at radius 1 is 0.924 bits per heavy atom. The van der Waals surface area contributed by atoms with E-state index in [1.807, 2.05) is 31.2 Å². The van der Waals surface area contributed by atoms with Crippen LogP contribution in [0.25, 0.3) is 0 Å². The van der Waals surface area contributed by atoms with Crippen molar-refractivity contribution in [3.8, 4) is 0 Å². The minimum absolute atomic E-state index is 0.0144. The third kappa shape index (κ3) is 13.9. The number of aryl methyl sites for hydroxylation is 3. The fourth-order valence-electron chi connectivity index (χ4n) is 11.5. The highest BCUT2D eigenvalue weighted by molar-refractivity contribution is 6.73. The Morgan fingerprint density at radius 2 is 1.53 bits per heavy atom. The molecule has 0 bridgehead atoms. The predicted octanol–water partition coefficient (Wildman–Crippen LogP) is 11.7. The number of aliphatic hydroxyl groups excluding tert-OH is 1. The lowest BCUT2D eigenvalue weighted by Gasteiger charge is -2.53. The van der Waals surface area contributed by atoms with Crippen LogP contribution in [-0.2, 0) is 44.2 Å². The van der Waals surface area contributed by atoms with Gasteiger partial charge >= 0.3 is 0 Å². The molecule has 16 atom stereocenters. The lowest BCUT2D eigenvalue weighted by molar-refractivity contribution is -0.309. The minimum Gasteiger partial charge on any atom is -0.409 e. The second-order valence-corrected chi connectivity index (χ2v) is 25.4.